The van der Waals surface area contributed by atoms with Gasteiger partial charge in [-0.2, -0.15) is 0 Å². The normalized spacial score (nSPS) is 25.2. The SMILES string of the molecule is CC(=S)[C@@H]1CC[C@H](NC(=O)OC(C)(C)C)C1. The summed E-state index contributed by atoms with van der Waals surface area (Å²) in [7, 11) is 0. The van der Waals surface area contributed by atoms with Crippen LogP contribution in [0.4, 0.5) is 4.79 Å². The van der Waals surface area contributed by atoms with Gasteiger partial charge in [-0.1, -0.05) is 12.2 Å². The van der Waals surface area contributed by atoms with Gasteiger partial charge >= 0.3 is 6.09 Å². The van der Waals surface area contributed by atoms with Crippen LogP contribution in [0, 0.1) is 5.92 Å². The van der Waals surface area contributed by atoms with Gasteiger partial charge < -0.3 is 10.1 Å². The number of carbonyl (C=O) groups is 1. The zero-order valence-electron chi connectivity index (χ0n) is 10.5. The Morgan fingerprint density at radius 2 is 2.00 bits per heavy atom. The van der Waals surface area contributed by atoms with Crippen molar-refractivity contribution in [2.24, 2.45) is 5.92 Å². The maximum absolute atomic E-state index is 11.5. The van der Waals surface area contributed by atoms with Crippen molar-refractivity contribution in [1.82, 2.24) is 5.32 Å². The topological polar surface area (TPSA) is 38.3 Å². The van der Waals surface area contributed by atoms with E-state index in [0.29, 0.717) is 5.92 Å². The molecule has 1 N–H and O–H groups in total. The van der Waals surface area contributed by atoms with Crippen LogP contribution >= 0.6 is 12.2 Å². The molecule has 0 spiro atoms. The van der Waals surface area contributed by atoms with Crippen molar-refractivity contribution in [1.29, 1.82) is 0 Å². The number of nitrogens with one attached hydrogen (secondary N) is 1. The summed E-state index contributed by atoms with van der Waals surface area (Å²) in [5, 5.41) is 2.90. The van der Waals surface area contributed by atoms with Crippen LogP contribution in [0.2, 0.25) is 0 Å². The monoisotopic (exact) mass is 243 g/mol. The molecule has 0 unspecified atom stereocenters. The highest BCUT2D eigenvalue weighted by Crippen LogP contribution is 2.27. The number of alkyl carbamates (subject to hydrolysis) is 1. The molecule has 0 aromatic carbocycles. The molecule has 0 aromatic heterocycles. The minimum absolute atomic E-state index is 0.220. The molecule has 1 fully saturated rings. The Hall–Kier alpha value is -0.640. The summed E-state index contributed by atoms with van der Waals surface area (Å²) in [6.07, 6.45) is 2.71. The Morgan fingerprint density at radius 3 is 2.44 bits per heavy atom. The summed E-state index contributed by atoms with van der Waals surface area (Å²) in [6.45, 7) is 7.58. The summed E-state index contributed by atoms with van der Waals surface area (Å²) in [4.78, 5) is 12.6. The summed E-state index contributed by atoms with van der Waals surface area (Å²) >= 11 is 5.17. The predicted molar refractivity (Wildman–Crippen MR) is 68.8 cm³/mol. The molecule has 16 heavy (non-hydrogen) atoms. The number of amides is 1. The van der Waals surface area contributed by atoms with E-state index in [1.807, 2.05) is 27.7 Å². The minimum Gasteiger partial charge on any atom is -0.444 e. The first-order chi connectivity index (χ1) is 7.28. The van der Waals surface area contributed by atoms with E-state index in [4.69, 9.17) is 17.0 Å². The quantitative estimate of drug-likeness (QED) is 0.757. The molecule has 3 nitrogen and oxygen atoms in total. The zero-order valence-corrected chi connectivity index (χ0v) is 11.3. The van der Waals surface area contributed by atoms with Gasteiger partial charge in [0.1, 0.15) is 5.60 Å². The van der Waals surface area contributed by atoms with Crippen molar-refractivity contribution in [3.05, 3.63) is 0 Å². The Labute approximate surface area is 103 Å². The van der Waals surface area contributed by atoms with E-state index in [1.54, 1.807) is 0 Å². The van der Waals surface area contributed by atoms with Gasteiger partial charge in [0.15, 0.2) is 0 Å². The first-order valence-corrected chi connectivity index (χ1v) is 6.19. The van der Waals surface area contributed by atoms with E-state index < -0.39 is 5.60 Å². The van der Waals surface area contributed by atoms with Crippen molar-refractivity contribution in [2.45, 2.75) is 58.6 Å². The highest BCUT2D eigenvalue weighted by atomic mass is 32.1. The minimum atomic E-state index is -0.428. The van der Waals surface area contributed by atoms with Crippen molar-refractivity contribution < 1.29 is 9.53 Å². The van der Waals surface area contributed by atoms with Crippen LogP contribution in [-0.4, -0.2) is 22.6 Å². The fourth-order valence-electron chi connectivity index (χ4n) is 1.96. The van der Waals surface area contributed by atoms with E-state index in [1.165, 1.54) is 0 Å². The van der Waals surface area contributed by atoms with Crippen LogP contribution in [0.1, 0.15) is 47.0 Å². The molecule has 0 radical (unpaired) electrons. The van der Waals surface area contributed by atoms with Gasteiger partial charge in [-0.3, -0.25) is 0 Å². The maximum atomic E-state index is 11.5. The molecule has 92 valence electrons. The highest BCUT2D eigenvalue weighted by Gasteiger charge is 2.28. The average Bonchev–Trinajstić information content (AvgIpc) is 2.48. The standard InChI is InChI=1S/C12H21NO2S/c1-8(16)9-5-6-10(7-9)13-11(14)15-12(2,3)4/h9-10H,5-7H2,1-4H3,(H,13,14)/t9-,10+/m1/s1. The Balaban J connectivity index is 2.34. The third-order valence-electron chi connectivity index (χ3n) is 2.73. The Bertz CT molecular complexity index is 283. The van der Waals surface area contributed by atoms with Gasteiger partial charge in [-0.15, -0.1) is 0 Å². The van der Waals surface area contributed by atoms with Gasteiger partial charge in [0.05, 0.1) is 0 Å². The highest BCUT2D eigenvalue weighted by molar-refractivity contribution is 7.80. The molecule has 0 aromatic rings. The molecule has 1 amide bonds. The van der Waals surface area contributed by atoms with Crippen LogP contribution < -0.4 is 5.32 Å². The van der Waals surface area contributed by atoms with Crippen LogP contribution in [0.25, 0.3) is 0 Å². The van der Waals surface area contributed by atoms with Crippen molar-refractivity contribution in [2.75, 3.05) is 0 Å². The number of rotatable bonds is 2. The Kier molecular flexibility index (Phi) is 4.30. The molecule has 0 saturated heterocycles. The zero-order chi connectivity index (χ0) is 12.3. The molecular weight excluding hydrogens is 222 g/mol. The van der Waals surface area contributed by atoms with Crippen LogP contribution in [0.5, 0.6) is 0 Å². The molecule has 4 heteroatoms. The fraction of sp³-hybridized carbons (Fsp3) is 0.833. The lowest BCUT2D eigenvalue weighted by atomic mass is 10.1. The lowest BCUT2D eigenvalue weighted by Crippen LogP contribution is -2.38. The molecule has 1 rings (SSSR count). The number of hydrogen-bond acceptors (Lipinski definition) is 3. The van der Waals surface area contributed by atoms with E-state index in [0.717, 1.165) is 24.1 Å². The van der Waals surface area contributed by atoms with Gasteiger partial charge in [0.25, 0.3) is 0 Å². The second kappa shape index (κ2) is 5.13. The van der Waals surface area contributed by atoms with Crippen LogP contribution in [-0.2, 0) is 4.74 Å². The van der Waals surface area contributed by atoms with Crippen molar-refractivity contribution >= 4 is 23.2 Å². The first kappa shape index (κ1) is 13.4. The second-order valence-corrected chi connectivity index (χ2v) is 6.11. The van der Waals surface area contributed by atoms with E-state index in [-0.39, 0.29) is 12.1 Å². The third kappa shape index (κ3) is 4.47. The van der Waals surface area contributed by atoms with E-state index >= 15 is 0 Å². The Morgan fingerprint density at radius 1 is 1.38 bits per heavy atom. The lowest BCUT2D eigenvalue weighted by molar-refractivity contribution is 0.0505. The van der Waals surface area contributed by atoms with E-state index in [9.17, 15) is 4.79 Å². The number of carbonyl (C=O) groups excluding carboxylic acids is 1. The molecule has 1 saturated carbocycles. The molecule has 1 aliphatic rings. The van der Waals surface area contributed by atoms with Gasteiger partial charge in [-0.05, 0) is 57.7 Å². The molecule has 0 heterocycles. The second-order valence-electron chi connectivity index (χ2n) is 5.46. The predicted octanol–water partition coefficient (Wildman–Crippen LogP) is 3.07. The summed E-state index contributed by atoms with van der Waals surface area (Å²) in [6, 6.07) is 0.220. The van der Waals surface area contributed by atoms with Crippen LogP contribution in [0.15, 0.2) is 0 Å². The van der Waals surface area contributed by atoms with Gasteiger partial charge in [-0.25, -0.2) is 4.79 Å². The smallest absolute Gasteiger partial charge is 0.407 e. The molecule has 0 bridgehead atoms. The number of ether oxygens (including phenoxy) is 1. The number of hydrogen-bond donors (Lipinski definition) is 1. The van der Waals surface area contributed by atoms with Gasteiger partial charge in [0.2, 0.25) is 0 Å². The molecule has 0 aliphatic heterocycles. The summed E-state index contributed by atoms with van der Waals surface area (Å²) in [5.41, 5.74) is -0.428. The first-order valence-electron chi connectivity index (χ1n) is 5.78. The third-order valence-corrected chi connectivity index (χ3v) is 3.06. The molecular formula is C12H21NO2S. The largest absolute Gasteiger partial charge is 0.444 e. The van der Waals surface area contributed by atoms with Crippen molar-refractivity contribution in [3.63, 3.8) is 0 Å². The number of thiocarbonyl (C=S) groups is 1. The maximum Gasteiger partial charge on any atom is 0.407 e. The summed E-state index contributed by atoms with van der Waals surface area (Å²) < 4.78 is 5.21. The van der Waals surface area contributed by atoms with Crippen molar-refractivity contribution in [3.8, 4) is 0 Å². The fourth-order valence-corrected chi connectivity index (χ4v) is 2.17. The van der Waals surface area contributed by atoms with Gasteiger partial charge in [0, 0.05) is 6.04 Å². The lowest BCUT2D eigenvalue weighted by Gasteiger charge is -2.21. The molecule has 2 atom stereocenters. The van der Waals surface area contributed by atoms with Crippen LogP contribution in [0.3, 0.4) is 0 Å². The molecule has 1 aliphatic carbocycles. The average molecular weight is 243 g/mol. The summed E-state index contributed by atoms with van der Waals surface area (Å²) in [5.74, 6) is 0.481. The van der Waals surface area contributed by atoms with E-state index in [2.05, 4.69) is 5.32 Å².